The summed E-state index contributed by atoms with van der Waals surface area (Å²) in [7, 11) is 0. The maximum atomic E-state index is 12.6. The predicted octanol–water partition coefficient (Wildman–Crippen LogP) is 8.48. The maximum Gasteiger partial charge on any atom is 0.328 e. The number of unbranched alkanes of at least 4 members (excludes halogenated alkanes) is 18. The molecule has 0 aliphatic heterocycles. The molecule has 0 radical (unpaired) electrons. The normalized spacial score (nSPS) is 12.7. The molecule has 0 saturated carbocycles. The lowest BCUT2D eigenvalue weighted by molar-refractivity contribution is -0.147. The number of amides is 2. The minimum absolute atomic E-state index is 0.129. The Morgan fingerprint density at radius 3 is 1.73 bits per heavy atom. The summed E-state index contributed by atoms with van der Waals surface area (Å²) in [6.45, 7) is 3.36. The van der Waals surface area contributed by atoms with Gasteiger partial charge in [-0.05, 0) is 44.6 Å². The third-order valence-corrected chi connectivity index (χ3v) is 8.42. The van der Waals surface area contributed by atoms with Crippen LogP contribution in [0.2, 0.25) is 0 Å². The van der Waals surface area contributed by atoms with E-state index in [4.69, 9.17) is 14.9 Å². The van der Waals surface area contributed by atoms with Gasteiger partial charge in [0.1, 0.15) is 12.1 Å². The van der Waals surface area contributed by atoms with E-state index in [1.165, 1.54) is 83.5 Å². The van der Waals surface area contributed by atoms with E-state index in [-0.39, 0.29) is 30.9 Å². The number of aliphatic hydroxyl groups is 1. The standard InChI is InChI=1S/C39H70N2O7/c1-3-5-7-9-11-12-13-14-15-16-17-18-19-21-27-31-38(45)48-34(28-24-20-10-8-6-4-2)29-25-22-23-26-30-36(43)40-32-37(44)41-35(33-42)39(46)47/h8,10,24,28,34-35,42H,3-7,9,11-23,25-27,29-33H2,1-2H3,(H,40,43)(H,41,44)(H,46,47)/b10-8-,28-24-. The highest BCUT2D eigenvalue weighted by atomic mass is 16.5. The van der Waals surface area contributed by atoms with Crippen LogP contribution in [-0.4, -0.2) is 59.3 Å². The number of aliphatic carboxylic acids is 1. The number of carbonyl (C=O) groups is 4. The van der Waals surface area contributed by atoms with Gasteiger partial charge in [0.2, 0.25) is 11.8 Å². The molecule has 0 saturated heterocycles. The molecule has 0 aromatic heterocycles. The number of carboxylic acids is 1. The number of rotatable bonds is 34. The maximum absolute atomic E-state index is 12.6. The Hall–Kier alpha value is -2.68. The zero-order valence-electron chi connectivity index (χ0n) is 30.5. The number of ether oxygens (including phenoxy) is 1. The molecule has 0 fully saturated rings. The second-order valence-corrected chi connectivity index (χ2v) is 13.0. The summed E-state index contributed by atoms with van der Waals surface area (Å²) in [5, 5.41) is 22.5. The van der Waals surface area contributed by atoms with Crippen LogP contribution in [0.25, 0.3) is 0 Å². The highest BCUT2D eigenvalue weighted by Crippen LogP contribution is 2.16. The molecule has 278 valence electrons. The molecule has 48 heavy (non-hydrogen) atoms. The van der Waals surface area contributed by atoms with E-state index in [0.29, 0.717) is 12.8 Å². The topological polar surface area (TPSA) is 142 Å². The van der Waals surface area contributed by atoms with Crippen molar-refractivity contribution in [2.75, 3.05) is 13.2 Å². The van der Waals surface area contributed by atoms with Gasteiger partial charge in [-0.15, -0.1) is 0 Å². The van der Waals surface area contributed by atoms with Crippen LogP contribution >= 0.6 is 0 Å². The molecule has 0 rings (SSSR count). The van der Waals surface area contributed by atoms with Crippen LogP contribution in [0.5, 0.6) is 0 Å². The minimum atomic E-state index is -1.39. The fourth-order valence-electron chi connectivity index (χ4n) is 5.44. The molecule has 9 nitrogen and oxygen atoms in total. The minimum Gasteiger partial charge on any atom is -0.480 e. The smallest absolute Gasteiger partial charge is 0.328 e. The van der Waals surface area contributed by atoms with Crippen molar-refractivity contribution in [3.63, 3.8) is 0 Å². The van der Waals surface area contributed by atoms with Crippen LogP contribution in [0.3, 0.4) is 0 Å². The predicted molar refractivity (Wildman–Crippen MR) is 195 cm³/mol. The second kappa shape index (κ2) is 34.2. The molecule has 2 unspecified atom stereocenters. The lowest BCUT2D eigenvalue weighted by atomic mass is 10.0. The summed E-state index contributed by atoms with van der Waals surface area (Å²) in [5.74, 6) is -2.42. The van der Waals surface area contributed by atoms with E-state index in [2.05, 4.69) is 42.7 Å². The van der Waals surface area contributed by atoms with Gasteiger partial charge >= 0.3 is 11.9 Å². The first kappa shape index (κ1) is 45.3. The molecule has 0 aromatic carbocycles. The largest absolute Gasteiger partial charge is 0.480 e. The zero-order valence-corrected chi connectivity index (χ0v) is 30.5. The lowest BCUT2D eigenvalue weighted by Crippen LogP contribution is -2.47. The van der Waals surface area contributed by atoms with Crippen LogP contribution in [0.1, 0.15) is 174 Å². The SMILES string of the molecule is CCC/C=C\C/C=C\C(CCCCCCC(=O)NCC(=O)NC(CO)C(=O)O)OC(=O)CCCCCCCCCCCCCCCCC. The van der Waals surface area contributed by atoms with Gasteiger partial charge in [0.25, 0.3) is 0 Å². The number of aliphatic hydroxyl groups excluding tert-OH is 1. The average Bonchev–Trinajstić information content (AvgIpc) is 3.07. The molecule has 0 spiro atoms. The third-order valence-electron chi connectivity index (χ3n) is 8.42. The van der Waals surface area contributed by atoms with Crippen molar-refractivity contribution in [3.8, 4) is 0 Å². The van der Waals surface area contributed by atoms with E-state index in [9.17, 15) is 19.2 Å². The van der Waals surface area contributed by atoms with Crippen LogP contribution in [0.15, 0.2) is 24.3 Å². The summed E-state index contributed by atoms with van der Waals surface area (Å²) in [6.07, 6.45) is 35.2. The average molecular weight is 679 g/mol. The fourth-order valence-corrected chi connectivity index (χ4v) is 5.44. The molecule has 9 heteroatoms. The van der Waals surface area contributed by atoms with Crippen LogP contribution in [0.4, 0.5) is 0 Å². The monoisotopic (exact) mass is 679 g/mol. The van der Waals surface area contributed by atoms with Gasteiger partial charge in [-0.2, -0.15) is 0 Å². The second-order valence-electron chi connectivity index (χ2n) is 13.0. The Bertz CT molecular complexity index is 874. The molecule has 0 heterocycles. The Morgan fingerprint density at radius 2 is 1.19 bits per heavy atom. The molecule has 0 bridgehead atoms. The summed E-state index contributed by atoms with van der Waals surface area (Å²) < 4.78 is 5.84. The highest BCUT2D eigenvalue weighted by molar-refractivity contribution is 5.87. The first-order valence-electron chi connectivity index (χ1n) is 19.2. The zero-order chi connectivity index (χ0) is 35.5. The van der Waals surface area contributed by atoms with E-state index in [1.54, 1.807) is 0 Å². The molecular weight excluding hydrogens is 608 g/mol. The first-order chi connectivity index (χ1) is 23.3. The van der Waals surface area contributed by atoms with Crippen LogP contribution in [0, 0.1) is 0 Å². The quantitative estimate of drug-likeness (QED) is 0.0304. The number of carbonyl (C=O) groups excluding carboxylic acids is 3. The Morgan fingerprint density at radius 1 is 0.646 bits per heavy atom. The lowest BCUT2D eigenvalue weighted by Gasteiger charge is -2.15. The number of allylic oxidation sites excluding steroid dienone is 3. The van der Waals surface area contributed by atoms with Crippen molar-refractivity contribution in [2.45, 2.75) is 187 Å². The summed E-state index contributed by atoms with van der Waals surface area (Å²) >= 11 is 0. The number of hydrogen-bond acceptors (Lipinski definition) is 6. The number of esters is 1. The highest BCUT2D eigenvalue weighted by Gasteiger charge is 2.18. The van der Waals surface area contributed by atoms with Gasteiger partial charge in [-0.1, -0.05) is 141 Å². The molecule has 0 aromatic rings. The fraction of sp³-hybridized carbons (Fsp3) is 0.795. The van der Waals surface area contributed by atoms with Crippen molar-refractivity contribution < 1.29 is 34.1 Å². The van der Waals surface area contributed by atoms with Crippen molar-refractivity contribution in [1.29, 1.82) is 0 Å². The van der Waals surface area contributed by atoms with E-state index in [0.717, 1.165) is 57.8 Å². The molecule has 4 N–H and O–H groups in total. The van der Waals surface area contributed by atoms with E-state index < -0.39 is 24.5 Å². The molecule has 0 aliphatic rings. The Labute approximate surface area is 292 Å². The number of nitrogens with one attached hydrogen (secondary N) is 2. The molecule has 0 aliphatic carbocycles. The van der Waals surface area contributed by atoms with Crippen LogP contribution in [-0.2, 0) is 23.9 Å². The molecule has 2 amide bonds. The molecular formula is C39H70N2O7. The van der Waals surface area contributed by atoms with Crippen molar-refractivity contribution in [1.82, 2.24) is 10.6 Å². The Kier molecular flexibility index (Phi) is 32.3. The summed E-state index contributed by atoms with van der Waals surface area (Å²) in [4.78, 5) is 47.3. The summed E-state index contributed by atoms with van der Waals surface area (Å²) in [6, 6.07) is -1.39. The van der Waals surface area contributed by atoms with Gasteiger partial charge in [0.05, 0.1) is 13.2 Å². The van der Waals surface area contributed by atoms with E-state index in [1.807, 2.05) is 6.08 Å². The first-order valence-corrected chi connectivity index (χ1v) is 19.2. The Balaban J connectivity index is 4.18. The van der Waals surface area contributed by atoms with Crippen molar-refractivity contribution in [3.05, 3.63) is 24.3 Å². The number of carboxylic acid groups (broad SMARTS) is 1. The van der Waals surface area contributed by atoms with Crippen molar-refractivity contribution >= 4 is 23.8 Å². The number of hydrogen-bond donors (Lipinski definition) is 4. The van der Waals surface area contributed by atoms with Crippen molar-refractivity contribution in [2.24, 2.45) is 0 Å². The molecule has 2 atom stereocenters. The third kappa shape index (κ3) is 30.6. The van der Waals surface area contributed by atoms with Crippen LogP contribution < -0.4 is 10.6 Å². The van der Waals surface area contributed by atoms with Gasteiger partial charge in [-0.25, -0.2) is 4.79 Å². The van der Waals surface area contributed by atoms with Gasteiger partial charge in [0, 0.05) is 12.8 Å². The van der Waals surface area contributed by atoms with E-state index >= 15 is 0 Å². The van der Waals surface area contributed by atoms with Gasteiger partial charge in [0.15, 0.2) is 0 Å². The van der Waals surface area contributed by atoms with Gasteiger partial charge < -0.3 is 25.6 Å². The van der Waals surface area contributed by atoms with Gasteiger partial charge in [-0.3, -0.25) is 14.4 Å². The summed E-state index contributed by atoms with van der Waals surface area (Å²) in [5.41, 5.74) is 0.